The Morgan fingerprint density at radius 2 is 2.29 bits per heavy atom. The lowest BCUT2D eigenvalue weighted by Gasteiger charge is -2.29. The zero-order chi connectivity index (χ0) is 10.6. The molecule has 0 saturated heterocycles. The first-order chi connectivity index (χ1) is 6.52. The fourth-order valence-electron chi connectivity index (χ4n) is 1.93. The highest BCUT2D eigenvalue weighted by Crippen LogP contribution is 2.35. The molecular weight excluding hydrogens is 172 g/mol. The Hall–Kier alpha value is -0.850. The number of ketones is 1. The van der Waals surface area contributed by atoms with Crippen LogP contribution >= 0.6 is 0 Å². The van der Waals surface area contributed by atoms with E-state index in [2.05, 4.69) is 26.8 Å². The van der Waals surface area contributed by atoms with E-state index in [1.54, 1.807) is 6.08 Å². The molecule has 0 radical (unpaired) electrons. The average Bonchev–Trinajstić information content (AvgIpc) is 2.01. The van der Waals surface area contributed by atoms with Gasteiger partial charge in [0.05, 0.1) is 0 Å². The molecule has 0 heterocycles. The summed E-state index contributed by atoms with van der Waals surface area (Å²) >= 11 is 0. The molecule has 1 rings (SSSR count). The third kappa shape index (κ3) is 3.49. The van der Waals surface area contributed by atoms with Gasteiger partial charge in [0.1, 0.15) is 0 Å². The average molecular weight is 192 g/mol. The molecule has 0 aromatic heterocycles. The van der Waals surface area contributed by atoms with Crippen molar-refractivity contribution in [2.24, 2.45) is 5.41 Å². The highest BCUT2D eigenvalue weighted by molar-refractivity contribution is 5.90. The Labute approximate surface area is 86.9 Å². The first-order valence-corrected chi connectivity index (χ1v) is 5.35. The predicted octanol–water partition coefficient (Wildman–Crippen LogP) is 3.66. The van der Waals surface area contributed by atoms with Crippen molar-refractivity contribution in [3.05, 3.63) is 23.8 Å². The minimum atomic E-state index is 0.206. The van der Waals surface area contributed by atoms with Gasteiger partial charge in [0, 0.05) is 6.42 Å². The lowest BCUT2D eigenvalue weighted by molar-refractivity contribution is -0.117. The molecule has 1 unspecified atom stereocenters. The van der Waals surface area contributed by atoms with Crippen molar-refractivity contribution in [2.45, 2.75) is 46.5 Å². The third-order valence-electron chi connectivity index (χ3n) is 2.82. The number of carbonyl (C=O) groups excluding carboxylic acids is 1. The van der Waals surface area contributed by atoms with E-state index in [0.29, 0.717) is 0 Å². The van der Waals surface area contributed by atoms with Gasteiger partial charge in [-0.2, -0.15) is 0 Å². The normalized spacial score (nSPS) is 26.4. The highest BCUT2D eigenvalue weighted by Gasteiger charge is 2.27. The Morgan fingerprint density at radius 3 is 2.86 bits per heavy atom. The summed E-state index contributed by atoms with van der Waals surface area (Å²) in [5, 5.41) is 0. The van der Waals surface area contributed by atoms with E-state index in [1.807, 2.05) is 6.08 Å². The van der Waals surface area contributed by atoms with Gasteiger partial charge in [0.25, 0.3) is 0 Å². The Morgan fingerprint density at radius 1 is 1.57 bits per heavy atom. The SMILES string of the molecule is CC(C)=CCCC1(C)CC=CC(=O)C1. The van der Waals surface area contributed by atoms with Crippen molar-refractivity contribution in [3.63, 3.8) is 0 Å². The van der Waals surface area contributed by atoms with E-state index in [-0.39, 0.29) is 11.2 Å². The molecule has 0 fully saturated rings. The van der Waals surface area contributed by atoms with E-state index in [9.17, 15) is 4.79 Å². The van der Waals surface area contributed by atoms with Crippen LogP contribution in [0.25, 0.3) is 0 Å². The van der Waals surface area contributed by atoms with Crippen LogP contribution in [0.1, 0.15) is 46.5 Å². The topological polar surface area (TPSA) is 17.1 Å². The summed E-state index contributed by atoms with van der Waals surface area (Å²) in [6.07, 6.45) is 9.99. The number of carbonyl (C=O) groups is 1. The van der Waals surface area contributed by atoms with Crippen molar-refractivity contribution in [2.75, 3.05) is 0 Å². The monoisotopic (exact) mass is 192 g/mol. The van der Waals surface area contributed by atoms with Gasteiger partial charge >= 0.3 is 0 Å². The Bertz CT molecular complexity index is 269. The maximum atomic E-state index is 11.3. The van der Waals surface area contributed by atoms with Crippen LogP contribution in [0.3, 0.4) is 0 Å². The fourth-order valence-corrected chi connectivity index (χ4v) is 1.93. The smallest absolute Gasteiger partial charge is 0.155 e. The standard InChI is InChI=1S/C13H20O/c1-11(2)6-4-8-13(3)9-5-7-12(14)10-13/h5-7H,4,8-10H2,1-3H3. The molecule has 0 amide bonds. The molecule has 1 aliphatic carbocycles. The zero-order valence-corrected chi connectivity index (χ0v) is 9.47. The van der Waals surface area contributed by atoms with E-state index >= 15 is 0 Å². The van der Waals surface area contributed by atoms with Crippen LogP contribution in [0.2, 0.25) is 0 Å². The summed E-state index contributed by atoms with van der Waals surface area (Å²) in [5.41, 5.74) is 1.57. The minimum Gasteiger partial charge on any atom is -0.295 e. The number of rotatable bonds is 3. The summed E-state index contributed by atoms with van der Waals surface area (Å²) in [4.78, 5) is 11.3. The summed E-state index contributed by atoms with van der Waals surface area (Å²) in [6.45, 7) is 6.45. The second-order valence-electron chi connectivity index (χ2n) is 4.88. The predicted molar refractivity (Wildman–Crippen MR) is 60.2 cm³/mol. The third-order valence-corrected chi connectivity index (χ3v) is 2.82. The summed E-state index contributed by atoms with van der Waals surface area (Å²) in [5.74, 6) is 0.288. The number of allylic oxidation sites excluding steroid dienone is 4. The van der Waals surface area contributed by atoms with Crippen LogP contribution in [0, 0.1) is 5.41 Å². The van der Waals surface area contributed by atoms with E-state index in [4.69, 9.17) is 0 Å². The molecule has 0 spiro atoms. The van der Waals surface area contributed by atoms with Gasteiger partial charge in [-0.15, -0.1) is 0 Å². The molecule has 1 nitrogen and oxygen atoms in total. The Balaban J connectivity index is 2.47. The van der Waals surface area contributed by atoms with E-state index < -0.39 is 0 Å². The maximum Gasteiger partial charge on any atom is 0.155 e. The molecule has 1 atom stereocenters. The van der Waals surface area contributed by atoms with Gasteiger partial charge in [-0.25, -0.2) is 0 Å². The second kappa shape index (κ2) is 4.59. The van der Waals surface area contributed by atoms with Crippen LogP contribution in [-0.4, -0.2) is 5.78 Å². The van der Waals surface area contributed by atoms with Crippen molar-refractivity contribution in [1.82, 2.24) is 0 Å². The van der Waals surface area contributed by atoms with Crippen LogP contribution in [0.15, 0.2) is 23.8 Å². The van der Waals surface area contributed by atoms with Crippen LogP contribution in [0.4, 0.5) is 0 Å². The van der Waals surface area contributed by atoms with Gasteiger partial charge in [-0.05, 0) is 44.6 Å². The van der Waals surface area contributed by atoms with Gasteiger partial charge < -0.3 is 0 Å². The van der Waals surface area contributed by atoms with E-state index in [1.165, 1.54) is 5.57 Å². The lowest BCUT2D eigenvalue weighted by atomic mass is 9.75. The summed E-state index contributed by atoms with van der Waals surface area (Å²) in [6, 6.07) is 0. The van der Waals surface area contributed by atoms with Crippen LogP contribution in [0.5, 0.6) is 0 Å². The molecular formula is C13H20O. The largest absolute Gasteiger partial charge is 0.295 e. The minimum absolute atomic E-state index is 0.206. The van der Waals surface area contributed by atoms with Gasteiger partial charge in [0.2, 0.25) is 0 Å². The first kappa shape index (κ1) is 11.2. The Kier molecular flexibility index (Phi) is 3.68. The van der Waals surface area contributed by atoms with E-state index in [0.717, 1.165) is 25.7 Å². The van der Waals surface area contributed by atoms with Crippen LogP contribution in [-0.2, 0) is 4.79 Å². The lowest BCUT2D eigenvalue weighted by Crippen LogP contribution is -2.22. The quantitative estimate of drug-likeness (QED) is 0.624. The molecule has 0 aliphatic heterocycles. The summed E-state index contributed by atoms with van der Waals surface area (Å²) in [7, 11) is 0. The number of hydrogen-bond acceptors (Lipinski definition) is 1. The van der Waals surface area contributed by atoms with Crippen molar-refractivity contribution >= 4 is 5.78 Å². The van der Waals surface area contributed by atoms with Crippen molar-refractivity contribution < 1.29 is 4.79 Å². The molecule has 0 bridgehead atoms. The molecule has 1 aliphatic rings. The van der Waals surface area contributed by atoms with Crippen molar-refractivity contribution in [1.29, 1.82) is 0 Å². The molecule has 0 aromatic carbocycles. The maximum absolute atomic E-state index is 11.3. The molecule has 1 heteroatoms. The van der Waals surface area contributed by atoms with Gasteiger partial charge in [-0.1, -0.05) is 24.6 Å². The van der Waals surface area contributed by atoms with Gasteiger partial charge in [0.15, 0.2) is 5.78 Å². The number of hydrogen-bond donors (Lipinski definition) is 0. The van der Waals surface area contributed by atoms with Gasteiger partial charge in [-0.3, -0.25) is 4.79 Å². The first-order valence-electron chi connectivity index (χ1n) is 5.35. The molecule has 78 valence electrons. The zero-order valence-electron chi connectivity index (χ0n) is 9.47. The van der Waals surface area contributed by atoms with Crippen LogP contribution < -0.4 is 0 Å². The molecule has 0 saturated carbocycles. The molecule has 14 heavy (non-hydrogen) atoms. The fraction of sp³-hybridized carbons (Fsp3) is 0.615. The van der Waals surface area contributed by atoms with Crippen molar-refractivity contribution in [3.8, 4) is 0 Å². The highest BCUT2D eigenvalue weighted by atomic mass is 16.1. The molecule has 0 aromatic rings. The molecule has 0 N–H and O–H groups in total. The second-order valence-corrected chi connectivity index (χ2v) is 4.88. The summed E-state index contributed by atoms with van der Waals surface area (Å²) < 4.78 is 0.